The standard InChI is InChI=1S/C12H13N/c1-2-7-11-13(10-6-1)12-8-4-3-5-9-12/h3-5,8-9H,6-7,10-11H2. The molecule has 0 aliphatic carbocycles. The normalized spacial score (nSPS) is 15.8. The van der Waals surface area contributed by atoms with Crippen molar-refractivity contribution in [2.45, 2.75) is 12.8 Å². The summed E-state index contributed by atoms with van der Waals surface area (Å²) in [5, 5.41) is 0. The molecule has 0 amide bonds. The minimum absolute atomic E-state index is 0.995. The minimum Gasteiger partial charge on any atom is -0.370 e. The molecule has 1 nitrogen and oxygen atoms in total. The molecule has 0 fully saturated rings. The lowest BCUT2D eigenvalue weighted by molar-refractivity contribution is 0.816. The molecule has 1 aliphatic heterocycles. The Kier molecular flexibility index (Phi) is 2.52. The van der Waals surface area contributed by atoms with Gasteiger partial charge in [-0.1, -0.05) is 18.2 Å². The fourth-order valence-electron chi connectivity index (χ4n) is 1.57. The Hall–Kier alpha value is -1.42. The molecular formula is C12H13N. The molecule has 0 saturated heterocycles. The first-order valence-corrected chi connectivity index (χ1v) is 4.72. The van der Waals surface area contributed by atoms with E-state index in [-0.39, 0.29) is 0 Å². The monoisotopic (exact) mass is 171 g/mol. The minimum atomic E-state index is 0.995. The molecule has 13 heavy (non-hydrogen) atoms. The van der Waals surface area contributed by atoms with Crippen molar-refractivity contribution in [2.75, 3.05) is 18.0 Å². The van der Waals surface area contributed by atoms with Gasteiger partial charge in [-0.3, -0.25) is 0 Å². The van der Waals surface area contributed by atoms with Crippen molar-refractivity contribution >= 4 is 5.69 Å². The van der Waals surface area contributed by atoms with E-state index < -0.39 is 0 Å². The summed E-state index contributed by atoms with van der Waals surface area (Å²) in [6.07, 6.45) is 1.99. The zero-order valence-corrected chi connectivity index (χ0v) is 7.66. The predicted molar refractivity (Wildman–Crippen MR) is 55.7 cm³/mol. The van der Waals surface area contributed by atoms with Gasteiger partial charge in [-0.05, 0) is 12.1 Å². The molecule has 0 atom stereocenters. The van der Waals surface area contributed by atoms with E-state index in [0.717, 1.165) is 25.9 Å². The Morgan fingerprint density at radius 2 is 1.54 bits per heavy atom. The largest absolute Gasteiger partial charge is 0.370 e. The average molecular weight is 171 g/mol. The first kappa shape index (κ1) is 8.19. The second kappa shape index (κ2) is 4.00. The molecule has 1 heteroatoms. The number of rotatable bonds is 1. The first-order valence-electron chi connectivity index (χ1n) is 4.72. The summed E-state index contributed by atoms with van der Waals surface area (Å²) in [6.45, 7) is 2.13. The Labute approximate surface area is 79.4 Å². The van der Waals surface area contributed by atoms with Gasteiger partial charge in [0.1, 0.15) is 0 Å². The molecule has 0 saturated carbocycles. The van der Waals surface area contributed by atoms with Gasteiger partial charge in [0, 0.05) is 31.6 Å². The molecule has 66 valence electrons. The zero-order chi connectivity index (χ0) is 8.93. The van der Waals surface area contributed by atoms with Gasteiger partial charge in [-0.25, -0.2) is 0 Å². The van der Waals surface area contributed by atoms with Gasteiger partial charge in [-0.15, -0.1) is 11.8 Å². The zero-order valence-electron chi connectivity index (χ0n) is 7.66. The van der Waals surface area contributed by atoms with Crippen LogP contribution in [0, 0.1) is 11.8 Å². The Morgan fingerprint density at radius 1 is 0.923 bits per heavy atom. The van der Waals surface area contributed by atoms with E-state index in [4.69, 9.17) is 0 Å². The maximum atomic E-state index is 3.16. The van der Waals surface area contributed by atoms with E-state index in [0.29, 0.717) is 0 Å². The Morgan fingerprint density at radius 3 is 2.15 bits per heavy atom. The van der Waals surface area contributed by atoms with Gasteiger partial charge >= 0.3 is 0 Å². The highest BCUT2D eigenvalue weighted by Gasteiger charge is 2.05. The predicted octanol–water partition coefficient (Wildman–Crippen LogP) is 2.29. The molecule has 0 aromatic heterocycles. The van der Waals surface area contributed by atoms with Crippen LogP contribution in [-0.2, 0) is 0 Å². The van der Waals surface area contributed by atoms with Crippen LogP contribution in [0.3, 0.4) is 0 Å². The second-order valence-electron chi connectivity index (χ2n) is 3.18. The summed E-state index contributed by atoms with van der Waals surface area (Å²) >= 11 is 0. The highest BCUT2D eigenvalue weighted by Crippen LogP contribution is 2.14. The molecule has 0 radical (unpaired) electrons. The fourth-order valence-corrected chi connectivity index (χ4v) is 1.57. The van der Waals surface area contributed by atoms with Crippen molar-refractivity contribution in [2.24, 2.45) is 0 Å². The molecule has 1 aromatic carbocycles. The fraction of sp³-hybridized carbons (Fsp3) is 0.333. The quantitative estimate of drug-likeness (QED) is 0.586. The van der Waals surface area contributed by atoms with E-state index in [1.165, 1.54) is 5.69 Å². The topological polar surface area (TPSA) is 3.24 Å². The SMILES string of the molecule is C1#CCCN(c2ccccc2)CC1. The summed E-state index contributed by atoms with van der Waals surface area (Å²) in [5.41, 5.74) is 1.31. The van der Waals surface area contributed by atoms with Gasteiger partial charge in [-0.2, -0.15) is 0 Å². The third kappa shape index (κ3) is 2.03. The summed E-state index contributed by atoms with van der Waals surface area (Å²) < 4.78 is 0. The van der Waals surface area contributed by atoms with E-state index >= 15 is 0 Å². The third-order valence-electron chi connectivity index (χ3n) is 2.26. The number of benzene rings is 1. The third-order valence-corrected chi connectivity index (χ3v) is 2.26. The van der Waals surface area contributed by atoms with E-state index in [1.807, 2.05) is 0 Å². The van der Waals surface area contributed by atoms with Gasteiger partial charge in [0.25, 0.3) is 0 Å². The molecule has 0 N–H and O–H groups in total. The van der Waals surface area contributed by atoms with E-state index in [9.17, 15) is 0 Å². The Balaban J connectivity index is 2.09. The smallest absolute Gasteiger partial charge is 0.0366 e. The van der Waals surface area contributed by atoms with Gasteiger partial charge in [0.15, 0.2) is 0 Å². The van der Waals surface area contributed by atoms with Crippen LogP contribution in [0.1, 0.15) is 12.8 Å². The van der Waals surface area contributed by atoms with Crippen molar-refractivity contribution in [3.63, 3.8) is 0 Å². The summed E-state index contributed by atoms with van der Waals surface area (Å²) in [5.74, 6) is 6.31. The molecular weight excluding hydrogens is 158 g/mol. The maximum Gasteiger partial charge on any atom is 0.0366 e. The van der Waals surface area contributed by atoms with Crippen LogP contribution in [0.2, 0.25) is 0 Å². The molecule has 0 unspecified atom stereocenters. The summed E-state index contributed by atoms with van der Waals surface area (Å²) in [7, 11) is 0. The van der Waals surface area contributed by atoms with Gasteiger partial charge in [0.05, 0.1) is 0 Å². The number of hydrogen-bond acceptors (Lipinski definition) is 1. The van der Waals surface area contributed by atoms with Crippen LogP contribution in [0.15, 0.2) is 30.3 Å². The molecule has 0 spiro atoms. The Bertz CT molecular complexity index is 306. The lowest BCUT2D eigenvalue weighted by atomic mass is 10.2. The highest BCUT2D eigenvalue weighted by atomic mass is 15.1. The van der Waals surface area contributed by atoms with Gasteiger partial charge in [0.2, 0.25) is 0 Å². The van der Waals surface area contributed by atoms with Crippen LogP contribution >= 0.6 is 0 Å². The van der Waals surface area contributed by atoms with Crippen molar-refractivity contribution < 1.29 is 0 Å². The molecule has 1 heterocycles. The van der Waals surface area contributed by atoms with Crippen molar-refractivity contribution in [1.82, 2.24) is 0 Å². The molecule has 0 bridgehead atoms. The first-order chi connectivity index (χ1) is 6.47. The number of para-hydroxylation sites is 1. The summed E-state index contributed by atoms with van der Waals surface area (Å²) in [4.78, 5) is 2.38. The highest BCUT2D eigenvalue weighted by molar-refractivity contribution is 5.46. The maximum absolute atomic E-state index is 3.16. The summed E-state index contributed by atoms with van der Waals surface area (Å²) in [6, 6.07) is 10.5. The van der Waals surface area contributed by atoms with Crippen LogP contribution in [-0.4, -0.2) is 13.1 Å². The second-order valence-corrected chi connectivity index (χ2v) is 3.18. The molecule has 1 aromatic rings. The lowest BCUT2D eigenvalue weighted by Gasteiger charge is -2.21. The van der Waals surface area contributed by atoms with Crippen LogP contribution in [0.25, 0.3) is 0 Å². The van der Waals surface area contributed by atoms with Crippen LogP contribution in [0.4, 0.5) is 5.69 Å². The van der Waals surface area contributed by atoms with Crippen LogP contribution in [0.5, 0.6) is 0 Å². The number of anilines is 1. The van der Waals surface area contributed by atoms with E-state index in [1.54, 1.807) is 0 Å². The van der Waals surface area contributed by atoms with Crippen molar-refractivity contribution in [1.29, 1.82) is 0 Å². The van der Waals surface area contributed by atoms with Gasteiger partial charge < -0.3 is 4.90 Å². The van der Waals surface area contributed by atoms with Crippen LogP contribution < -0.4 is 4.90 Å². The molecule has 2 rings (SSSR count). The van der Waals surface area contributed by atoms with E-state index in [2.05, 4.69) is 47.1 Å². The molecule has 1 aliphatic rings. The van der Waals surface area contributed by atoms with Crippen molar-refractivity contribution in [3.05, 3.63) is 30.3 Å². The lowest BCUT2D eigenvalue weighted by Crippen LogP contribution is -2.23. The average Bonchev–Trinajstić information content (AvgIpc) is 2.47. The number of nitrogens with zero attached hydrogens (tertiary/aromatic N) is 1. The number of hydrogen-bond donors (Lipinski definition) is 0. The van der Waals surface area contributed by atoms with Crippen molar-refractivity contribution in [3.8, 4) is 11.8 Å².